The first-order valence-corrected chi connectivity index (χ1v) is 8.71. The molecule has 0 aromatic heterocycles. The Morgan fingerprint density at radius 3 is 2.27 bits per heavy atom. The summed E-state index contributed by atoms with van der Waals surface area (Å²) >= 11 is 0. The summed E-state index contributed by atoms with van der Waals surface area (Å²) in [4.78, 5) is 31.0. The van der Waals surface area contributed by atoms with Gasteiger partial charge in [0, 0.05) is 39.3 Å². The van der Waals surface area contributed by atoms with Crippen LogP contribution in [0, 0.1) is 11.8 Å². The summed E-state index contributed by atoms with van der Waals surface area (Å²) in [6, 6.07) is 0.135. The van der Waals surface area contributed by atoms with E-state index in [0.717, 1.165) is 64.8 Å². The summed E-state index contributed by atoms with van der Waals surface area (Å²) < 4.78 is 0. The Morgan fingerprint density at radius 2 is 1.59 bits per heavy atom. The van der Waals surface area contributed by atoms with E-state index in [4.69, 9.17) is 5.73 Å². The number of rotatable bonds is 2. The molecule has 2 atom stereocenters. The van der Waals surface area contributed by atoms with Gasteiger partial charge in [0.15, 0.2) is 0 Å². The molecule has 3 amide bonds. The van der Waals surface area contributed by atoms with Crippen molar-refractivity contribution in [2.24, 2.45) is 17.6 Å². The third-order valence-electron chi connectivity index (χ3n) is 5.35. The molecule has 0 aliphatic carbocycles. The molecule has 6 heteroatoms. The first-order valence-electron chi connectivity index (χ1n) is 8.71. The van der Waals surface area contributed by atoms with Gasteiger partial charge in [0.25, 0.3) is 0 Å². The molecule has 0 saturated carbocycles. The van der Waals surface area contributed by atoms with Gasteiger partial charge in [-0.2, -0.15) is 0 Å². The summed E-state index contributed by atoms with van der Waals surface area (Å²) in [5.41, 5.74) is 5.71. The van der Waals surface area contributed by atoms with Crippen LogP contribution in [0.15, 0.2) is 0 Å². The van der Waals surface area contributed by atoms with E-state index < -0.39 is 0 Å². The van der Waals surface area contributed by atoms with Gasteiger partial charge >= 0.3 is 6.03 Å². The fourth-order valence-corrected chi connectivity index (χ4v) is 3.94. The van der Waals surface area contributed by atoms with Gasteiger partial charge < -0.3 is 20.4 Å². The van der Waals surface area contributed by atoms with Gasteiger partial charge in [-0.25, -0.2) is 4.79 Å². The number of piperidine rings is 1. The lowest BCUT2D eigenvalue weighted by atomic mass is 9.96. The van der Waals surface area contributed by atoms with E-state index in [1.165, 1.54) is 0 Å². The van der Waals surface area contributed by atoms with Crippen molar-refractivity contribution in [1.29, 1.82) is 0 Å². The number of hydrogen-bond acceptors (Lipinski definition) is 3. The quantitative estimate of drug-likeness (QED) is 0.817. The van der Waals surface area contributed by atoms with Gasteiger partial charge in [-0.1, -0.05) is 0 Å². The second kappa shape index (κ2) is 6.86. The zero-order chi connectivity index (χ0) is 15.5. The van der Waals surface area contributed by atoms with Crippen molar-refractivity contribution in [2.75, 3.05) is 45.8 Å². The number of carbonyl (C=O) groups is 2. The number of likely N-dealkylation sites (tertiary alicyclic amines) is 3. The van der Waals surface area contributed by atoms with Crippen LogP contribution in [0.4, 0.5) is 4.79 Å². The van der Waals surface area contributed by atoms with Gasteiger partial charge in [0.05, 0.1) is 5.92 Å². The van der Waals surface area contributed by atoms with Gasteiger partial charge in [0.1, 0.15) is 0 Å². The van der Waals surface area contributed by atoms with E-state index in [1.54, 1.807) is 0 Å². The summed E-state index contributed by atoms with van der Waals surface area (Å²) in [6.07, 6.45) is 5.08. The van der Waals surface area contributed by atoms with Crippen LogP contribution < -0.4 is 5.73 Å². The molecule has 2 N–H and O–H groups in total. The Labute approximate surface area is 132 Å². The largest absolute Gasteiger partial charge is 0.342 e. The maximum atomic E-state index is 12.7. The molecule has 2 unspecified atom stereocenters. The van der Waals surface area contributed by atoms with Crippen LogP contribution in [0.3, 0.4) is 0 Å². The molecule has 0 aromatic rings. The molecule has 0 spiro atoms. The second-order valence-corrected chi connectivity index (χ2v) is 6.94. The van der Waals surface area contributed by atoms with Crippen molar-refractivity contribution in [1.82, 2.24) is 14.7 Å². The lowest BCUT2D eigenvalue weighted by Crippen LogP contribution is -2.50. The zero-order valence-corrected chi connectivity index (χ0v) is 13.4. The average molecular weight is 308 g/mol. The molecule has 3 heterocycles. The highest BCUT2D eigenvalue weighted by Gasteiger charge is 2.35. The Balaban J connectivity index is 1.56. The smallest absolute Gasteiger partial charge is 0.320 e. The third kappa shape index (κ3) is 3.21. The van der Waals surface area contributed by atoms with Crippen molar-refractivity contribution in [3.05, 3.63) is 0 Å². The predicted octanol–water partition coefficient (Wildman–Crippen LogP) is 0.721. The lowest BCUT2D eigenvalue weighted by molar-refractivity contribution is -0.136. The second-order valence-electron chi connectivity index (χ2n) is 6.94. The van der Waals surface area contributed by atoms with Crippen LogP contribution in [0.5, 0.6) is 0 Å². The number of hydrogen-bond donors (Lipinski definition) is 1. The average Bonchev–Trinajstić information content (AvgIpc) is 3.24. The van der Waals surface area contributed by atoms with E-state index in [0.29, 0.717) is 19.0 Å². The van der Waals surface area contributed by atoms with Crippen LogP contribution in [-0.4, -0.2) is 72.5 Å². The van der Waals surface area contributed by atoms with Crippen LogP contribution >= 0.6 is 0 Å². The van der Waals surface area contributed by atoms with Gasteiger partial charge in [-0.3, -0.25) is 4.79 Å². The SMILES string of the molecule is NCC1CCN(C(=O)C2CCCN(C(=O)N3CCCC3)C2)C1. The predicted molar refractivity (Wildman–Crippen MR) is 84.2 cm³/mol. The molecule has 0 bridgehead atoms. The molecule has 22 heavy (non-hydrogen) atoms. The van der Waals surface area contributed by atoms with Gasteiger partial charge in [-0.05, 0) is 44.6 Å². The Hall–Kier alpha value is -1.30. The summed E-state index contributed by atoms with van der Waals surface area (Å²) in [6.45, 7) is 5.43. The maximum Gasteiger partial charge on any atom is 0.320 e. The van der Waals surface area contributed by atoms with E-state index in [1.807, 2.05) is 14.7 Å². The molecule has 0 radical (unpaired) electrons. The van der Waals surface area contributed by atoms with Crippen LogP contribution in [0.1, 0.15) is 32.1 Å². The minimum absolute atomic E-state index is 0.0168. The van der Waals surface area contributed by atoms with Gasteiger partial charge in [0.2, 0.25) is 5.91 Å². The molecule has 0 aromatic carbocycles. The highest BCUT2D eigenvalue weighted by atomic mass is 16.2. The molecule has 3 fully saturated rings. The van der Waals surface area contributed by atoms with Crippen LogP contribution in [-0.2, 0) is 4.79 Å². The van der Waals surface area contributed by atoms with E-state index in [-0.39, 0.29) is 17.9 Å². The van der Waals surface area contributed by atoms with E-state index in [2.05, 4.69) is 0 Å². The lowest BCUT2D eigenvalue weighted by Gasteiger charge is -2.36. The molecule has 3 rings (SSSR count). The molecule has 124 valence electrons. The monoisotopic (exact) mass is 308 g/mol. The van der Waals surface area contributed by atoms with Crippen LogP contribution in [0.2, 0.25) is 0 Å². The summed E-state index contributed by atoms with van der Waals surface area (Å²) in [5.74, 6) is 0.668. The van der Waals surface area contributed by atoms with Crippen molar-refractivity contribution >= 4 is 11.9 Å². The van der Waals surface area contributed by atoms with Crippen molar-refractivity contribution < 1.29 is 9.59 Å². The fourth-order valence-electron chi connectivity index (χ4n) is 3.94. The van der Waals surface area contributed by atoms with E-state index in [9.17, 15) is 9.59 Å². The molecule has 3 aliphatic rings. The Kier molecular flexibility index (Phi) is 4.86. The highest BCUT2D eigenvalue weighted by Crippen LogP contribution is 2.24. The molecular formula is C16H28N4O2. The first kappa shape index (κ1) is 15.6. The molecule has 6 nitrogen and oxygen atoms in total. The van der Waals surface area contributed by atoms with Crippen molar-refractivity contribution in [3.8, 4) is 0 Å². The van der Waals surface area contributed by atoms with Gasteiger partial charge in [-0.15, -0.1) is 0 Å². The number of amides is 3. The summed E-state index contributed by atoms with van der Waals surface area (Å²) in [7, 11) is 0. The van der Waals surface area contributed by atoms with Crippen molar-refractivity contribution in [3.63, 3.8) is 0 Å². The number of urea groups is 1. The number of nitrogens with two attached hydrogens (primary N) is 1. The molecule has 3 aliphatic heterocycles. The number of carbonyl (C=O) groups excluding carboxylic acids is 2. The third-order valence-corrected chi connectivity index (χ3v) is 5.35. The summed E-state index contributed by atoms with van der Waals surface area (Å²) in [5, 5.41) is 0. The maximum absolute atomic E-state index is 12.7. The molecular weight excluding hydrogens is 280 g/mol. The topological polar surface area (TPSA) is 69.9 Å². The van der Waals surface area contributed by atoms with Crippen molar-refractivity contribution in [2.45, 2.75) is 32.1 Å². The fraction of sp³-hybridized carbons (Fsp3) is 0.875. The van der Waals surface area contributed by atoms with Crippen LogP contribution in [0.25, 0.3) is 0 Å². The highest BCUT2D eigenvalue weighted by molar-refractivity contribution is 5.81. The molecule has 3 saturated heterocycles. The normalized spacial score (nSPS) is 29.2. The minimum Gasteiger partial charge on any atom is -0.342 e. The first-order chi connectivity index (χ1) is 10.7. The van der Waals surface area contributed by atoms with E-state index >= 15 is 0 Å². The Morgan fingerprint density at radius 1 is 0.864 bits per heavy atom. The number of nitrogens with zero attached hydrogens (tertiary/aromatic N) is 3. The standard InChI is InChI=1S/C16H28N4O2/c17-10-13-5-9-19(11-13)15(21)14-4-3-8-20(12-14)16(22)18-6-1-2-7-18/h13-14H,1-12,17H2. The Bertz CT molecular complexity index is 422. The minimum atomic E-state index is -0.0168. The zero-order valence-electron chi connectivity index (χ0n) is 13.4.